The first-order valence-electron chi connectivity index (χ1n) is 6.01. The summed E-state index contributed by atoms with van der Waals surface area (Å²) in [6.45, 7) is 4.97. The summed E-state index contributed by atoms with van der Waals surface area (Å²) in [5.74, 6) is 0. The van der Waals surface area contributed by atoms with E-state index in [1.165, 1.54) is 12.0 Å². The zero-order chi connectivity index (χ0) is 10.8. The van der Waals surface area contributed by atoms with Crippen molar-refractivity contribution in [1.29, 1.82) is 0 Å². The highest BCUT2D eigenvalue weighted by molar-refractivity contribution is 5.06. The van der Waals surface area contributed by atoms with Crippen molar-refractivity contribution in [3.8, 4) is 0 Å². The molecule has 0 bridgehead atoms. The number of rotatable bonds is 2. The van der Waals surface area contributed by atoms with Gasteiger partial charge in [-0.05, 0) is 19.0 Å². The molecule has 0 unspecified atom stereocenters. The fourth-order valence-corrected chi connectivity index (χ4v) is 2.70. The first-order chi connectivity index (χ1) is 7.93. The number of hydrogen-bond acceptors (Lipinski definition) is 4. The van der Waals surface area contributed by atoms with Gasteiger partial charge in [-0.15, -0.1) is 0 Å². The molecule has 16 heavy (non-hydrogen) atoms. The van der Waals surface area contributed by atoms with Crippen molar-refractivity contribution in [2.75, 3.05) is 26.2 Å². The van der Waals surface area contributed by atoms with Crippen LogP contribution in [0.15, 0.2) is 23.0 Å². The number of piperidine rings is 1. The highest BCUT2D eigenvalue weighted by atomic mass is 16.5. The topological polar surface area (TPSA) is 37.6 Å². The summed E-state index contributed by atoms with van der Waals surface area (Å²) in [6.07, 6.45) is 5.14. The number of fused-ring (bicyclic) bond motifs is 1. The Morgan fingerprint density at radius 2 is 2.50 bits per heavy atom. The Morgan fingerprint density at radius 1 is 1.50 bits per heavy atom. The summed E-state index contributed by atoms with van der Waals surface area (Å²) < 4.78 is 10.9. The maximum Gasteiger partial charge on any atom is 0.0947 e. The number of furan rings is 1. The molecule has 3 heterocycles. The van der Waals surface area contributed by atoms with E-state index in [0.717, 1.165) is 32.8 Å². The van der Waals surface area contributed by atoms with E-state index in [1.54, 1.807) is 6.26 Å². The van der Waals surface area contributed by atoms with Crippen LogP contribution in [-0.4, -0.2) is 43.3 Å². The molecule has 0 amide bonds. The molecular formula is C12H18N2O2. The summed E-state index contributed by atoms with van der Waals surface area (Å²) in [7, 11) is 0. The Morgan fingerprint density at radius 3 is 3.38 bits per heavy atom. The number of nitrogens with zero attached hydrogens (tertiary/aromatic N) is 1. The zero-order valence-electron chi connectivity index (χ0n) is 9.39. The van der Waals surface area contributed by atoms with Gasteiger partial charge >= 0.3 is 0 Å². The Bertz CT molecular complexity index is 324. The molecule has 88 valence electrons. The third kappa shape index (κ3) is 2.00. The van der Waals surface area contributed by atoms with E-state index < -0.39 is 0 Å². The lowest BCUT2D eigenvalue weighted by atomic mass is 9.99. The third-order valence-electron chi connectivity index (χ3n) is 3.54. The molecule has 2 fully saturated rings. The monoisotopic (exact) mass is 222 g/mol. The second-order valence-electron chi connectivity index (χ2n) is 4.57. The average molecular weight is 222 g/mol. The lowest BCUT2D eigenvalue weighted by molar-refractivity contribution is -0.0843. The normalized spacial score (nSPS) is 31.2. The molecule has 3 rings (SSSR count). The molecule has 0 radical (unpaired) electrons. The largest absolute Gasteiger partial charge is 0.472 e. The van der Waals surface area contributed by atoms with Crippen LogP contribution in [0.25, 0.3) is 0 Å². The molecule has 0 aromatic carbocycles. The van der Waals surface area contributed by atoms with Crippen LogP contribution in [0.1, 0.15) is 12.0 Å². The SMILES string of the molecule is c1cc(CN2CCO[C@@H]3CNCC[C@H]32)co1. The lowest BCUT2D eigenvalue weighted by Crippen LogP contribution is -2.57. The standard InChI is InChI=1S/C12H18N2O2/c1-3-13-7-12-11(1)14(4-6-16-12)8-10-2-5-15-9-10/h2,5,9,11-13H,1,3-4,6-8H2/t11-,12-/m1/s1. The summed E-state index contributed by atoms with van der Waals surface area (Å²) in [5.41, 5.74) is 1.26. The van der Waals surface area contributed by atoms with Crippen molar-refractivity contribution < 1.29 is 9.15 Å². The van der Waals surface area contributed by atoms with Crippen molar-refractivity contribution in [2.24, 2.45) is 0 Å². The minimum absolute atomic E-state index is 0.370. The van der Waals surface area contributed by atoms with Crippen LogP contribution in [0.4, 0.5) is 0 Å². The second-order valence-corrected chi connectivity index (χ2v) is 4.57. The maximum atomic E-state index is 5.80. The molecule has 2 saturated heterocycles. The first-order valence-corrected chi connectivity index (χ1v) is 6.01. The van der Waals surface area contributed by atoms with Gasteiger partial charge in [-0.25, -0.2) is 0 Å². The summed E-state index contributed by atoms with van der Waals surface area (Å²) >= 11 is 0. The smallest absolute Gasteiger partial charge is 0.0947 e. The van der Waals surface area contributed by atoms with Gasteiger partial charge in [0.2, 0.25) is 0 Å². The number of nitrogens with one attached hydrogen (secondary N) is 1. The number of hydrogen-bond donors (Lipinski definition) is 1. The van der Waals surface area contributed by atoms with Gasteiger partial charge in [0.1, 0.15) is 0 Å². The molecule has 4 nitrogen and oxygen atoms in total. The van der Waals surface area contributed by atoms with Crippen LogP contribution in [0.3, 0.4) is 0 Å². The Kier molecular flexibility index (Phi) is 2.95. The predicted octanol–water partition coefficient (Wildman–Crippen LogP) is 0.842. The zero-order valence-corrected chi connectivity index (χ0v) is 9.39. The molecule has 4 heteroatoms. The van der Waals surface area contributed by atoms with Crippen molar-refractivity contribution in [2.45, 2.75) is 25.1 Å². The molecule has 2 aliphatic heterocycles. The second kappa shape index (κ2) is 4.57. The highest BCUT2D eigenvalue weighted by Gasteiger charge is 2.33. The van der Waals surface area contributed by atoms with Crippen LogP contribution in [0, 0.1) is 0 Å². The average Bonchev–Trinajstić information content (AvgIpc) is 2.82. The molecule has 1 N–H and O–H groups in total. The van der Waals surface area contributed by atoms with Crippen LogP contribution in [0.5, 0.6) is 0 Å². The van der Waals surface area contributed by atoms with Gasteiger partial charge in [-0.3, -0.25) is 4.90 Å². The van der Waals surface area contributed by atoms with Crippen LogP contribution in [0.2, 0.25) is 0 Å². The van der Waals surface area contributed by atoms with Gasteiger partial charge in [0.05, 0.1) is 25.2 Å². The summed E-state index contributed by atoms with van der Waals surface area (Å²) in [6, 6.07) is 2.62. The van der Waals surface area contributed by atoms with E-state index in [9.17, 15) is 0 Å². The first kappa shape index (κ1) is 10.3. The van der Waals surface area contributed by atoms with E-state index in [-0.39, 0.29) is 0 Å². The molecule has 2 aliphatic rings. The summed E-state index contributed by atoms with van der Waals surface area (Å²) in [4.78, 5) is 2.53. The van der Waals surface area contributed by atoms with Crippen molar-refractivity contribution in [1.82, 2.24) is 10.2 Å². The van der Waals surface area contributed by atoms with Gasteiger partial charge in [-0.1, -0.05) is 0 Å². The maximum absolute atomic E-state index is 5.80. The van der Waals surface area contributed by atoms with Crippen LogP contribution in [-0.2, 0) is 11.3 Å². The molecule has 1 aromatic heterocycles. The summed E-state index contributed by atoms with van der Waals surface area (Å²) in [5, 5.41) is 3.39. The van der Waals surface area contributed by atoms with E-state index in [1.807, 2.05) is 12.3 Å². The quantitative estimate of drug-likeness (QED) is 0.804. The molecule has 1 aromatic rings. The fourth-order valence-electron chi connectivity index (χ4n) is 2.70. The lowest BCUT2D eigenvalue weighted by Gasteiger charge is -2.43. The van der Waals surface area contributed by atoms with Crippen molar-refractivity contribution >= 4 is 0 Å². The van der Waals surface area contributed by atoms with Gasteiger partial charge < -0.3 is 14.5 Å². The number of morpholine rings is 1. The van der Waals surface area contributed by atoms with E-state index in [2.05, 4.69) is 10.2 Å². The molecular weight excluding hydrogens is 204 g/mol. The predicted molar refractivity (Wildman–Crippen MR) is 60.1 cm³/mol. The van der Waals surface area contributed by atoms with Crippen LogP contribution >= 0.6 is 0 Å². The van der Waals surface area contributed by atoms with Gasteiger partial charge in [0, 0.05) is 31.2 Å². The van der Waals surface area contributed by atoms with Gasteiger partial charge in [0.25, 0.3) is 0 Å². The molecule has 2 atom stereocenters. The van der Waals surface area contributed by atoms with E-state index in [4.69, 9.17) is 9.15 Å². The highest BCUT2D eigenvalue weighted by Crippen LogP contribution is 2.21. The fraction of sp³-hybridized carbons (Fsp3) is 0.667. The third-order valence-corrected chi connectivity index (χ3v) is 3.54. The van der Waals surface area contributed by atoms with Gasteiger partial charge in [0.15, 0.2) is 0 Å². The van der Waals surface area contributed by atoms with Crippen molar-refractivity contribution in [3.05, 3.63) is 24.2 Å². The van der Waals surface area contributed by atoms with E-state index in [0.29, 0.717) is 12.1 Å². The van der Waals surface area contributed by atoms with E-state index >= 15 is 0 Å². The van der Waals surface area contributed by atoms with Gasteiger partial charge in [-0.2, -0.15) is 0 Å². The van der Waals surface area contributed by atoms with Crippen LogP contribution < -0.4 is 5.32 Å². The number of ether oxygens (including phenoxy) is 1. The minimum atomic E-state index is 0.370. The Balaban J connectivity index is 1.68. The van der Waals surface area contributed by atoms with Crippen molar-refractivity contribution in [3.63, 3.8) is 0 Å². The molecule has 0 aliphatic carbocycles. The Hall–Kier alpha value is -0.840. The molecule has 0 saturated carbocycles. The minimum Gasteiger partial charge on any atom is -0.472 e. The Labute approximate surface area is 95.6 Å². The molecule has 0 spiro atoms.